The van der Waals surface area contributed by atoms with E-state index < -0.39 is 6.10 Å². The van der Waals surface area contributed by atoms with Crippen molar-refractivity contribution < 1.29 is 9.90 Å². The average Bonchev–Trinajstić information content (AvgIpc) is 3.23. The first-order chi connectivity index (χ1) is 11.6. The molecule has 0 bridgehead atoms. The van der Waals surface area contributed by atoms with Crippen molar-refractivity contribution in [2.45, 2.75) is 31.9 Å². The molecule has 0 spiro atoms. The first kappa shape index (κ1) is 16.8. The summed E-state index contributed by atoms with van der Waals surface area (Å²) in [7, 11) is 0. The lowest BCUT2D eigenvalue weighted by molar-refractivity contribution is -0.121. The number of amides is 1. The molecule has 5 nitrogen and oxygen atoms in total. The van der Waals surface area contributed by atoms with Gasteiger partial charge in [-0.2, -0.15) is 0 Å². The number of nitrogens with zero attached hydrogens (tertiary/aromatic N) is 1. The van der Waals surface area contributed by atoms with Crippen LogP contribution in [0.25, 0.3) is 16.1 Å². The zero-order valence-corrected chi connectivity index (χ0v) is 14.4. The van der Waals surface area contributed by atoms with Crippen LogP contribution in [-0.4, -0.2) is 34.7 Å². The Bertz CT molecular complexity index is 739. The molecule has 0 unspecified atom stereocenters. The van der Waals surface area contributed by atoms with Crippen molar-refractivity contribution in [1.29, 1.82) is 0 Å². The lowest BCUT2D eigenvalue weighted by Crippen LogP contribution is -2.39. The van der Waals surface area contributed by atoms with Gasteiger partial charge in [0.1, 0.15) is 0 Å². The fourth-order valence-corrected chi connectivity index (χ4v) is 3.69. The van der Waals surface area contributed by atoms with Crippen molar-refractivity contribution in [3.63, 3.8) is 0 Å². The molecule has 3 N–H and O–H groups in total. The molecule has 1 aromatic carbocycles. The third-order valence-electron chi connectivity index (χ3n) is 4.17. The van der Waals surface area contributed by atoms with Crippen LogP contribution in [0.5, 0.6) is 0 Å². The van der Waals surface area contributed by atoms with E-state index in [2.05, 4.69) is 29.1 Å². The Kier molecular flexibility index (Phi) is 5.08. The normalized spacial score (nSPS) is 20.1. The van der Waals surface area contributed by atoms with Crippen LogP contribution in [0.3, 0.4) is 0 Å². The molecule has 2 heterocycles. The van der Waals surface area contributed by atoms with Gasteiger partial charge < -0.3 is 15.7 Å². The van der Waals surface area contributed by atoms with E-state index in [1.165, 1.54) is 4.88 Å². The van der Waals surface area contributed by atoms with E-state index in [9.17, 15) is 9.90 Å². The van der Waals surface area contributed by atoms with Gasteiger partial charge in [0.05, 0.1) is 28.2 Å². The van der Waals surface area contributed by atoms with E-state index in [1.807, 2.05) is 29.8 Å². The predicted octanol–water partition coefficient (Wildman–Crippen LogP) is 2.18. The Morgan fingerprint density at radius 2 is 2.21 bits per heavy atom. The van der Waals surface area contributed by atoms with E-state index in [0.717, 1.165) is 23.2 Å². The summed E-state index contributed by atoms with van der Waals surface area (Å²) in [6, 6.07) is 7.59. The molecule has 2 aromatic rings. The number of aliphatic hydroxyl groups is 1. The zero-order chi connectivity index (χ0) is 17.1. The maximum atomic E-state index is 12.2. The minimum Gasteiger partial charge on any atom is -0.392 e. The van der Waals surface area contributed by atoms with Gasteiger partial charge in [0, 0.05) is 12.2 Å². The maximum absolute atomic E-state index is 12.2. The van der Waals surface area contributed by atoms with E-state index in [1.54, 1.807) is 11.3 Å². The molecule has 3 rings (SSSR count). The number of hydrogen-bond donors (Lipinski definition) is 3. The summed E-state index contributed by atoms with van der Waals surface area (Å²) in [5.74, 6) is -0.156. The summed E-state index contributed by atoms with van der Waals surface area (Å²) in [5.41, 5.74) is 5.52. The fraction of sp³-hybridized carbons (Fsp3) is 0.333. The standard InChI is InChI=1S/C18H21N3O2S/c1-3-15-17(24-10-20-15)13-6-4-12(5-7-13)11(2)21-18(23)16-8-14(22)9-19-16/h4-7,10,14,16,19,22H,2-3,8-9H2,1H3,(H,21,23)/t14-,16+/m1/s1. The van der Waals surface area contributed by atoms with Crippen LogP contribution < -0.4 is 10.6 Å². The van der Waals surface area contributed by atoms with Gasteiger partial charge in [-0.1, -0.05) is 37.8 Å². The number of carbonyl (C=O) groups excluding carboxylic acids is 1. The van der Waals surface area contributed by atoms with Crippen molar-refractivity contribution in [1.82, 2.24) is 15.6 Å². The van der Waals surface area contributed by atoms with Crippen molar-refractivity contribution in [2.75, 3.05) is 6.54 Å². The van der Waals surface area contributed by atoms with E-state index in [0.29, 0.717) is 18.7 Å². The largest absolute Gasteiger partial charge is 0.392 e. The van der Waals surface area contributed by atoms with Gasteiger partial charge in [0.15, 0.2) is 0 Å². The molecule has 1 fully saturated rings. The molecule has 1 aromatic heterocycles. The number of hydrogen-bond acceptors (Lipinski definition) is 5. The zero-order valence-electron chi connectivity index (χ0n) is 13.6. The lowest BCUT2D eigenvalue weighted by atomic mass is 10.1. The van der Waals surface area contributed by atoms with Crippen LogP contribution in [0.4, 0.5) is 0 Å². The molecule has 1 aliphatic heterocycles. The number of aliphatic hydroxyl groups excluding tert-OH is 1. The lowest BCUT2D eigenvalue weighted by Gasteiger charge is -2.13. The van der Waals surface area contributed by atoms with E-state index in [-0.39, 0.29) is 11.9 Å². The summed E-state index contributed by atoms with van der Waals surface area (Å²) >= 11 is 1.63. The maximum Gasteiger partial charge on any atom is 0.241 e. The molecule has 1 amide bonds. The fourth-order valence-electron chi connectivity index (χ4n) is 2.80. The minimum atomic E-state index is -0.458. The number of aryl methyl sites for hydroxylation is 1. The highest BCUT2D eigenvalue weighted by molar-refractivity contribution is 7.13. The van der Waals surface area contributed by atoms with Crippen LogP contribution in [-0.2, 0) is 11.2 Å². The SMILES string of the molecule is C=C(NC(=O)[C@@H]1C[C@@H](O)CN1)c1ccc(-c2scnc2CC)cc1. The third kappa shape index (κ3) is 3.56. The van der Waals surface area contributed by atoms with Crippen LogP contribution in [0, 0.1) is 0 Å². The van der Waals surface area contributed by atoms with Crippen LogP contribution in [0.1, 0.15) is 24.6 Å². The van der Waals surface area contributed by atoms with Crippen LogP contribution >= 0.6 is 11.3 Å². The summed E-state index contributed by atoms with van der Waals surface area (Å²) in [4.78, 5) is 17.7. The molecular weight excluding hydrogens is 322 g/mol. The summed E-state index contributed by atoms with van der Waals surface area (Å²) in [5, 5.41) is 15.3. The second kappa shape index (κ2) is 7.25. The summed E-state index contributed by atoms with van der Waals surface area (Å²) in [6.07, 6.45) is 0.882. The average molecular weight is 343 g/mol. The first-order valence-electron chi connectivity index (χ1n) is 8.03. The van der Waals surface area contributed by atoms with Gasteiger partial charge in [-0.25, -0.2) is 4.98 Å². The highest BCUT2D eigenvalue weighted by atomic mass is 32.1. The Balaban J connectivity index is 1.67. The monoisotopic (exact) mass is 343 g/mol. The number of rotatable bonds is 5. The highest BCUT2D eigenvalue weighted by Crippen LogP contribution is 2.28. The van der Waals surface area contributed by atoms with Gasteiger partial charge >= 0.3 is 0 Å². The Morgan fingerprint density at radius 1 is 1.46 bits per heavy atom. The number of nitrogens with one attached hydrogen (secondary N) is 2. The number of β-amino-alcohol motifs (C(OH)–C–C–N with tert-alkyl or cyclic N) is 1. The number of carbonyl (C=O) groups is 1. The third-order valence-corrected chi connectivity index (χ3v) is 5.09. The van der Waals surface area contributed by atoms with Gasteiger partial charge in [-0.3, -0.25) is 4.79 Å². The van der Waals surface area contributed by atoms with Crippen LogP contribution in [0.15, 0.2) is 36.4 Å². The Labute approximate surface area is 145 Å². The first-order valence-corrected chi connectivity index (χ1v) is 8.90. The molecule has 24 heavy (non-hydrogen) atoms. The molecule has 0 saturated carbocycles. The van der Waals surface area contributed by atoms with Crippen molar-refractivity contribution >= 4 is 22.9 Å². The van der Waals surface area contributed by atoms with Gasteiger partial charge in [-0.15, -0.1) is 11.3 Å². The molecule has 2 atom stereocenters. The van der Waals surface area contributed by atoms with Crippen molar-refractivity contribution in [3.05, 3.63) is 47.6 Å². The Morgan fingerprint density at radius 3 is 2.83 bits per heavy atom. The van der Waals surface area contributed by atoms with Gasteiger partial charge in [0.2, 0.25) is 5.91 Å². The molecule has 0 aliphatic carbocycles. The quantitative estimate of drug-likeness (QED) is 0.778. The second-order valence-electron chi connectivity index (χ2n) is 5.88. The van der Waals surface area contributed by atoms with E-state index in [4.69, 9.17) is 0 Å². The smallest absolute Gasteiger partial charge is 0.241 e. The highest BCUT2D eigenvalue weighted by Gasteiger charge is 2.28. The van der Waals surface area contributed by atoms with Crippen molar-refractivity contribution in [3.8, 4) is 10.4 Å². The van der Waals surface area contributed by atoms with E-state index >= 15 is 0 Å². The molecule has 0 radical (unpaired) electrons. The molecule has 6 heteroatoms. The number of aromatic nitrogens is 1. The minimum absolute atomic E-state index is 0.156. The predicted molar refractivity (Wildman–Crippen MR) is 96.5 cm³/mol. The molecule has 1 saturated heterocycles. The molecular formula is C18H21N3O2S. The molecule has 126 valence electrons. The number of benzene rings is 1. The Hall–Kier alpha value is -2.02. The summed E-state index contributed by atoms with van der Waals surface area (Å²) in [6.45, 7) is 6.50. The summed E-state index contributed by atoms with van der Waals surface area (Å²) < 4.78 is 0. The number of thiazole rings is 1. The second-order valence-corrected chi connectivity index (χ2v) is 6.73. The topological polar surface area (TPSA) is 74.2 Å². The van der Waals surface area contributed by atoms with Gasteiger partial charge in [0.25, 0.3) is 0 Å². The van der Waals surface area contributed by atoms with Crippen molar-refractivity contribution in [2.24, 2.45) is 0 Å². The van der Waals surface area contributed by atoms with Gasteiger partial charge in [-0.05, 0) is 24.0 Å². The molecule has 1 aliphatic rings. The van der Waals surface area contributed by atoms with Crippen LogP contribution in [0.2, 0.25) is 0 Å².